The second-order valence-corrected chi connectivity index (χ2v) is 8.77. The van der Waals surface area contributed by atoms with Gasteiger partial charge in [0.1, 0.15) is 5.75 Å². The highest BCUT2D eigenvalue weighted by atomic mass is 32.2. The number of nitrogens with one attached hydrogen (secondary N) is 2. The molecule has 29 heavy (non-hydrogen) atoms. The summed E-state index contributed by atoms with van der Waals surface area (Å²) in [5, 5.41) is 3.24. The number of benzene rings is 2. The van der Waals surface area contributed by atoms with Gasteiger partial charge in [-0.1, -0.05) is 30.4 Å². The SMILES string of the molecule is CCNS(=O)(=O)c1ccc(/C=C/C(=O)Nc2nc3ccc(OCC)cc3s2)cc1. The van der Waals surface area contributed by atoms with E-state index in [-0.39, 0.29) is 10.8 Å². The Morgan fingerprint density at radius 2 is 1.93 bits per heavy atom. The van der Waals surface area contributed by atoms with Crippen molar-refractivity contribution in [2.24, 2.45) is 0 Å². The van der Waals surface area contributed by atoms with Crippen molar-refractivity contribution in [2.45, 2.75) is 18.7 Å². The van der Waals surface area contributed by atoms with E-state index in [9.17, 15) is 13.2 Å². The summed E-state index contributed by atoms with van der Waals surface area (Å²) in [6, 6.07) is 11.9. The summed E-state index contributed by atoms with van der Waals surface area (Å²) in [5.74, 6) is 0.444. The molecule has 0 aliphatic carbocycles. The predicted molar refractivity (Wildman–Crippen MR) is 116 cm³/mol. The fourth-order valence-electron chi connectivity index (χ4n) is 2.57. The minimum atomic E-state index is -3.49. The zero-order valence-corrected chi connectivity index (χ0v) is 17.6. The summed E-state index contributed by atoms with van der Waals surface area (Å²) >= 11 is 1.37. The largest absolute Gasteiger partial charge is 0.494 e. The van der Waals surface area contributed by atoms with Crippen LogP contribution in [0.25, 0.3) is 16.3 Å². The van der Waals surface area contributed by atoms with Crippen molar-refractivity contribution in [1.82, 2.24) is 9.71 Å². The van der Waals surface area contributed by atoms with Gasteiger partial charge in [-0.2, -0.15) is 0 Å². The molecule has 0 saturated carbocycles. The van der Waals surface area contributed by atoms with Crippen molar-refractivity contribution in [3.8, 4) is 5.75 Å². The van der Waals surface area contributed by atoms with Gasteiger partial charge in [0.15, 0.2) is 5.13 Å². The molecule has 7 nitrogen and oxygen atoms in total. The quantitative estimate of drug-likeness (QED) is 0.531. The second-order valence-electron chi connectivity index (χ2n) is 5.97. The maximum absolute atomic E-state index is 12.2. The van der Waals surface area contributed by atoms with Crippen LogP contribution in [0.1, 0.15) is 19.4 Å². The molecule has 0 atom stereocenters. The topological polar surface area (TPSA) is 97.4 Å². The van der Waals surface area contributed by atoms with Crippen LogP contribution in [0.2, 0.25) is 0 Å². The van der Waals surface area contributed by atoms with Crippen LogP contribution in [0, 0.1) is 0 Å². The Labute approximate surface area is 173 Å². The molecule has 0 fully saturated rings. The van der Waals surface area contributed by atoms with E-state index in [0.717, 1.165) is 16.0 Å². The Morgan fingerprint density at radius 3 is 2.62 bits per heavy atom. The smallest absolute Gasteiger partial charge is 0.250 e. The van der Waals surface area contributed by atoms with Gasteiger partial charge in [0.05, 0.1) is 21.7 Å². The van der Waals surface area contributed by atoms with Gasteiger partial charge in [-0.15, -0.1) is 0 Å². The average molecular weight is 432 g/mol. The second kappa shape index (κ2) is 9.17. The maximum Gasteiger partial charge on any atom is 0.250 e. The molecular weight excluding hydrogens is 410 g/mol. The molecule has 0 aliphatic heterocycles. The van der Waals surface area contributed by atoms with Crippen molar-refractivity contribution < 1.29 is 17.9 Å². The Morgan fingerprint density at radius 1 is 1.17 bits per heavy atom. The van der Waals surface area contributed by atoms with Crippen LogP contribution in [0.15, 0.2) is 53.4 Å². The first-order chi connectivity index (χ1) is 13.9. The van der Waals surface area contributed by atoms with Crippen LogP contribution in [0.5, 0.6) is 5.75 Å². The lowest BCUT2D eigenvalue weighted by Crippen LogP contribution is -2.22. The predicted octanol–water partition coefficient (Wildman–Crippen LogP) is 3.65. The number of carbonyl (C=O) groups is 1. The van der Waals surface area contributed by atoms with Gasteiger partial charge in [-0.3, -0.25) is 10.1 Å². The maximum atomic E-state index is 12.2. The summed E-state index contributed by atoms with van der Waals surface area (Å²) in [5.41, 5.74) is 1.50. The van der Waals surface area contributed by atoms with Gasteiger partial charge in [0.25, 0.3) is 0 Å². The van der Waals surface area contributed by atoms with E-state index in [4.69, 9.17) is 4.74 Å². The third-order valence-electron chi connectivity index (χ3n) is 3.85. The molecule has 1 amide bonds. The number of carbonyl (C=O) groups excluding carboxylic acids is 1. The molecule has 0 aliphatic rings. The summed E-state index contributed by atoms with van der Waals surface area (Å²) < 4.78 is 32.7. The Hall–Kier alpha value is -2.75. The number of aromatic nitrogens is 1. The van der Waals surface area contributed by atoms with Crippen molar-refractivity contribution in [2.75, 3.05) is 18.5 Å². The highest BCUT2D eigenvalue weighted by molar-refractivity contribution is 7.89. The van der Waals surface area contributed by atoms with Gasteiger partial charge in [-0.25, -0.2) is 18.1 Å². The zero-order chi connectivity index (χ0) is 20.9. The van der Waals surface area contributed by atoms with Gasteiger partial charge in [0.2, 0.25) is 15.9 Å². The zero-order valence-electron chi connectivity index (χ0n) is 16.0. The van der Waals surface area contributed by atoms with Gasteiger partial charge in [-0.05, 0) is 48.9 Å². The third-order valence-corrected chi connectivity index (χ3v) is 6.35. The molecule has 9 heteroatoms. The standard InChI is InChI=1S/C20H21N3O4S2/c1-3-21-29(25,26)16-9-5-14(6-10-16)7-12-19(24)23-20-22-17-11-8-15(27-4-2)13-18(17)28-20/h5-13,21H,3-4H2,1-2H3,(H,22,23,24)/b12-7+. The minimum Gasteiger partial charge on any atom is -0.494 e. The number of hydrogen-bond acceptors (Lipinski definition) is 6. The number of sulfonamides is 1. The fraction of sp³-hybridized carbons (Fsp3) is 0.200. The van der Waals surface area contributed by atoms with Crippen molar-refractivity contribution >= 4 is 48.7 Å². The lowest BCUT2D eigenvalue weighted by atomic mass is 10.2. The number of thiazole rings is 1. The third kappa shape index (κ3) is 5.41. The molecule has 0 unspecified atom stereocenters. The monoisotopic (exact) mass is 431 g/mol. The summed E-state index contributed by atoms with van der Waals surface area (Å²) in [6.07, 6.45) is 2.99. The highest BCUT2D eigenvalue weighted by Gasteiger charge is 2.11. The molecule has 1 heterocycles. The van der Waals surface area contributed by atoms with Crippen LogP contribution >= 0.6 is 11.3 Å². The van der Waals surface area contributed by atoms with E-state index in [0.29, 0.717) is 23.8 Å². The Kier molecular flexibility index (Phi) is 6.63. The summed E-state index contributed by atoms with van der Waals surface area (Å²) in [4.78, 5) is 16.8. The molecule has 152 valence electrons. The molecule has 2 aromatic carbocycles. The van der Waals surface area contributed by atoms with Gasteiger partial charge >= 0.3 is 0 Å². The normalized spacial score (nSPS) is 11.8. The first-order valence-electron chi connectivity index (χ1n) is 9.03. The summed E-state index contributed by atoms with van der Waals surface area (Å²) in [7, 11) is -3.49. The molecular formula is C20H21N3O4S2. The number of hydrogen-bond donors (Lipinski definition) is 2. The molecule has 0 bridgehead atoms. The van der Waals surface area contributed by atoms with Crippen molar-refractivity contribution in [3.05, 3.63) is 54.1 Å². The molecule has 3 aromatic rings. The first kappa shape index (κ1) is 21.0. The lowest BCUT2D eigenvalue weighted by molar-refractivity contribution is -0.111. The van der Waals surface area contributed by atoms with E-state index in [2.05, 4.69) is 15.0 Å². The molecule has 2 N–H and O–H groups in total. The van der Waals surface area contributed by atoms with Gasteiger partial charge < -0.3 is 4.74 Å². The fourth-order valence-corrected chi connectivity index (χ4v) is 4.50. The van der Waals surface area contributed by atoms with Crippen molar-refractivity contribution in [1.29, 1.82) is 0 Å². The minimum absolute atomic E-state index is 0.182. The van der Waals surface area contributed by atoms with Crippen LogP contribution in [0.4, 0.5) is 5.13 Å². The first-order valence-corrected chi connectivity index (χ1v) is 11.3. The Bertz CT molecular complexity index is 1140. The Balaban J connectivity index is 1.66. The van der Waals surface area contributed by atoms with Crippen LogP contribution in [0.3, 0.4) is 0 Å². The molecule has 0 radical (unpaired) electrons. The number of ether oxygens (including phenoxy) is 1. The number of rotatable bonds is 8. The number of fused-ring (bicyclic) bond motifs is 1. The van der Waals surface area contributed by atoms with E-state index >= 15 is 0 Å². The summed E-state index contributed by atoms with van der Waals surface area (Å²) in [6.45, 7) is 4.55. The number of nitrogens with zero attached hydrogens (tertiary/aromatic N) is 1. The number of amides is 1. The van der Waals surface area contributed by atoms with Gasteiger partial charge in [0, 0.05) is 12.6 Å². The van der Waals surface area contributed by atoms with E-state index in [1.165, 1.54) is 29.5 Å². The van der Waals surface area contributed by atoms with Crippen LogP contribution < -0.4 is 14.8 Å². The van der Waals surface area contributed by atoms with E-state index in [1.54, 1.807) is 25.1 Å². The van der Waals surface area contributed by atoms with E-state index in [1.807, 2.05) is 25.1 Å². The molecule has 0 saturated heterocycles. The van der Waals surface area contributed by atoms with Crippen LogP contribution in [-0.2, 0) is 14.8 Å². The van der Waals surface area contributed by atoms with Crippen LogP contribution in [-0.4, -0.2) is 32.5 Å². The molecule has 1 aromatic heterocycles. The van der Waals surface area contributed by atoms with E-state index < -0.39 is 10.0 Å². The van der Waals surface area contributed by atoms with Crippen molar-refractivity contribution in [3.63, 3.8) is 0 Å². The number of anilines is 1. The molecule has 3 rings (SSSR count). The average Bonchev–Trinajstić information content (AvgIpc) is 3.08. The highest BCUT2D eigenvalue weighted by Crippen LogP contribution is 2.29. The lowest BCUT2D eigenvalue weighted by Gasteiger charge is -2.04. The molecule has 0 spiro atoms.